The molecule has 106 valence electrons. The Bertz CT molecular complexity index is 560. The van der Waals surface area contributed by atoms with E-state index in [-0.39, 0.29) is 5.97 Å². The minimum Gasteiger partial charge on any atom is -0.465 e. The number of carbonyl (C=O) groups excluding carboxylic acids is 1. The smallest absolute Gasteiger partial charge is 0.324 e. The van der Waals surface area contributed by atoms with Crippen LogP contribution in [0.2, 0.25) is 0 Å². The van der Waals surface area contributed by atoms with Gasteiger partial charge in [0.1, 0.15) is 5.25 Å². The zero-order chi connectivity index (χ0) is 14.4. The summed E-state index contributed by atoms with van der Waals surface area (Å²) in [5, 5.41) is 11.3. The minimum atomic E-state index is -0.422. The third kappa shape index (κ3) is 3.71. The molecule has 0 saturated heterocycles. The van der Waals surface area contributed by atoms with Crippen molar-refractivity contribution in [1.82, 2.24) is 10.2 Å². The quantitative estimate of drug-likeness (QED) is 0.654. The van der Waals surface area contributed by atoms with Crippen LogP contribution in [0.5, 0.6) is 0 Å². The molecule has 2 aromatic rings. The standard InChI is InChI=1S/C13H15N3O2S2/c1-3-18-11(17)10(9-7-5-4-6-8-9)19-13-16-15-12(14-2)20-13/h4-8,10H,3H2,1-2H3,(H,14,15)/t10-/m1/s1. The highest BCUT2D eigenvalue weighted by Gasteiger charge is 2.25. The summed E-state index contributed by atoms with van der Waals surface area (Å²) in [5.74, 6) is -0.259. The first-order chi connectivity index (χ1) is 9.74. The first kappa shape index (κ1) is 14.8. The molecule has 1 aromatic heterocycles. The van der Waals surface area contributed by atoms with Crippen molar-refractivity contribution in [3.05, 3.63) is 35.9 Å². The Labute approximate surface area is 125 Å². The van der Waals surface area contributed by atoms with E-state index in [4.69, 9.17) is 4.74 Å². The van der Waals surface area contributed by atoms with Gasteiger partial charge in [-0.2, -0.15) is 0 Å². The molecule has 0 saturated carbocycles. The third-order valence-corrected chi connectivity index (χ3v) is 4.70. The van der Waals surface area contributed by atoms with E-state index >= 15 is 0 Å². The summed E-state index contributed by atoms with van der Waals surface area (Å²) in [7, 11) is 1.79. The molecule has 1 aromatic carbocycles. The van der Waals surface area contributed by atoms with Crippen LogP contribution in [0.3, 0.4) is 0 Å². The van der Waals surface area contributed by atoms with E-state index in [1.54, 1.807) is 14.0 Å². The van der Waals surface area contributed by atoms with Gasteiger partial charge in [-0.3, -0.25) is 4.79 Å². The van der Waals surface area contributed by atoms with Crippen molar-refractivity contribution in [1.29, 1.82) is 0 Å². The lowest BCUT2D eigenvalue weighted by atomic mass is 10.1. The Balaban J connectivity index is 2.20. The number of hydrogen-bond acceptors (Lipinski definition) is 7. The maximum Gasteiger partial charge on any atom is 0.324 e. The SMILES string of the molecule is CCOC(=O)[C@H](Sc1nnc(NC)s1)c1ccccc1. The molecule has 1 heterocycles. The van der Waals surface area contributed by atoms with E-state index in [0.29, 0.717) is 6.61 Å². The molecule has 20 heavy (non-hydrogen) atoms. The Morgan fingerprint density at radius 1 is 1.40 bits per heavy atom. The first-order valence-electron chi connectivity index (χ1n) is 6.14. The van der Waals surface area contributed by atoms with Gasteiger partial charge in [0, 0.05) is 7.05 Å². The first-order valence-corrected chi connectivity index (χ1v) is 7.83. The molecule has 0 bridgehead atoms. The van der Waals surface area contributed by atoms with Crippen molar-refractivity contribution in [3.8, 4) is 0 Å². The summed E-state index contributed by atoms with van der Waals surface area (Å²) < 4.78 is 5.88. The second kappa shape index (κ2) is 7.25. The predicted molar refractivity (Wildman–Crippen MR) is 81.1 cm³/mol. The zero-order valence-corrected chi connectivity index (χ0v) is 12.8. The second-order valence-electron chi connectivity index (χ2n) is 3.78. The number of thioether (sulfide) groups is 1. The van der Waals surface area contributed by atoms with Gasteiger partial charge in [-0.25, -0.2) is 0 Å². The van der Waals surface area contributed by atoms with Gasteiger partial charge >= 0.3 is 5.97 Å². The lowest BCUT2D eigenvalue weighted by Gasteiger charge is -2.13. The summed E-state index contributed by atoms with van der Waals surface area (Å²) in [6.07, 6.45) is 0. The van der Waals surface area contributed by atoms with Gasteiger partial charge in [0.25, 0.3) is 0 Å². The molecule has 0 spiro atoms. The molecular weight excluding hydrogens is 294 g/mol. The van der Waals surface area contributed by atoms with Crippen molar-refractivity contribution in [2.45, 2.75) is 16.5 Å². The van der Waals surface area contributed by atoms with E-state index in [1.807, 2.05) is 30.3 Å². The van der Waals surface area contributed by atoms with Crippen molar-refractivity contribution in [2.24, 2.45) is 0 Å². The van der Waals surface area contributed by atoms with Crippen LogP contribution in [-0.2, 0) is 9.53 Å². The predicted octanol–water partition coefficient (Wildman–Crippen LogP) is 2.98. The number of benzene rings is 1. The minimum absolute atomic E-state index is 0.259. The van der Waals surface area contributed by atoms with Gasteiger partial charge in [0.2, 0.25) is 5.13 Å². The highest BCUT2D eigenvalue weighted by molar-refractivity contribution is 8.01. The van der Waals surface area contributed by atoms with Crippen LogP contribution in [0.15, 0.2) is 34.7 Å². The number of hydrogen-bond donors (Lipinski definition) is 1. The Hall–Kier alpha value is -1.60. The van der Waals surface area contributed by atoms with Crippen molar-refractivity contribution >= 4 is 34.2 Å². The number of esters is 1. The van der Waals surface area contributed by atoms with Crippen molar-refractivity contribution < 1.29 is 9.53 Å². The van der Waals surface area contributed by atoms with Crippen LogP contribution in [-0.4, -0.2) is 29.8 Å². The number of aromatic nitrogens is 2. The van der Waals surface area contributed by atoms with Gasteiger partial charge in [0.05, 0.1) is 6.61 Å². The summed E-state index contributed by atoms with van der Waals surface area (Å²) in [5.41, 5.74) is 0.900. The second-order valence-corrected chi connectivity index (χ2v) is 6.11. The Morgan fingerprint density at radius 3 is 2.75 bits per heavy atom. The highest BCUT2D eigenvalue weighted by Crippen LogP contribution is 2.38. The lowest BCUT2D eigenvalue weighted by molar-refractivity contribution is -0.142. The number of ether oxygens (including phenoxy) is 1. The molecule has 0 radical (unpaired) electrons. The number of nitrogens with zero attached hydrogens (tertiary/aromatic N) is 2. The summed E-state index contributed by atoms with van der Waals surface area (Å²) >= 11 is 2.77. The normalized spacial score (nSPS) is 11.9. The molecule has 7 heteroatoms. The number of rotatable bonds is 6. The van der Waals surface area contributed by atoms with Crippen LogP contribution in [0.25, 0.3) is 0 Å². The van der Waals surface area contributed by atoms with Gasteiger partial charge in [-0.05, 0) is 12.5 Å². The van der Waals surface area contributed by atoms with Gasteiger partial charge in [0.15, 0.2) is 4.34 Å². The molecule has 5 nitrogen and oxygen atoms in total. The monoisotopic (exact) mass is 309 g/mol. The maximum absolute atomic E-state index is 12.1. The van der Waals surface area contributed by atoms with Crippen LogP contribution >= 0.6 is 23.1 Å². The molecule has 0 fully saturated rings. The summed E-state index contributed by atoms with van der Waals surface area (Å²) in [4.78, 5) is 12.1. The third-order valence-electron chi connectivity index (χ3n) is 2.44. The fourth-order valence-electron chi connectivity index (χ4n) is 1.56. The molecule has 1 N–H and O–H groups in total. The zero-order valence-electron chi connectivity index (χ0n) is 11.2. The molecule has 1 atom stereocenters. The van der Waals surface area contributed by atoms with Gasteiger partial charge in [-0.1, -0.05) is 53.4 Å². The number of anilines is 1. The number of carbonyl (C=O) groups is 1. The van der Waals surface area contributed by atoms with Crippen molar-refractivity contribution in [2.75, 3.05) is 19.0 Å². The Morgan fingerprint density at radius 2 is 2.15 bits per heavy atom. The number of nitrogens with one attached hydrogen (secondary N) is 1. The van der Waals surface area contributed by atoms with Gasteiger partial charge < -0.3 is 10.1 Å². The van der Waals surface area contributed by atoms with Crippen LogP contribution in [0.4, 0.5) is 5.13 Å². The highest BCUT2D eigenvalue weighted by atomic mass is 32.2. The molecule has 0 aliphatic carbocycles. The van der Waals surface area contributed by atoms with Crippen LogP contribution in [0, 0.1) is 0 Å². The lowest BCUT2D eigenvalue weighted by Crippen LogP contribution is -2.13. The van der Waals surface area contributed by atoms with E-state index in [1.165, 1.54) is 23.1 Å². The van der Waals surface area contributed by atoms with E-state index < -0.39 is 5.25 Å². The molecule has 2 rings (SSSR count). The average molecular weight is 309 g/mol. The molecule has 0 aliphatic heterocycles. The van der Waals surface area contributed by atoms with E-state index in [2.05, 4.69) is 15.5 Å². The molecule has 0 aliphatic rings. The van der Waals surface area contributed by atoms with Crippen molar-refractivity contribution in [3.63, 3.8) is 0 Å². The molecule has 0 unspecified atom stereocenters. The molecular formula is C13H15N3O2S2. The van der Waals surface area contributed by atoms with Crippen LogP contribution in [0.1, 0.15) is 17.7 Å². The summed E-state index contributed by atoms with van der Waals surface area (Å²) in [6.45, 7) is 2.16. The van der Waals surface area contributed by atoms with E-state index in [9.17, 15) is 4.79 Å². The fraction of sp³-hybridized carbons (Fsp3) is 0.308. The molecule has 0 amide bonds. The summed E-state index contributed by atoms with van der Waals surface area (Å²) in [6, 6.07) is 9.55. The fourth-order valence-corrected chi connectivity index (χ4v) is 3.45. The maximum atomic E-state index is 12.1. The largest absolute Gasteiger partial charge is 0.465 e. The average Bonchev–Trinajstić information content (AvgIpc) is 2.93. The van der Waals surface area contributed by atoms with Gasteiger partial charge in [-0.15, -0.1) is 10.2 Å². The topological polar surface area (TPSA) is 64.1 Å². The van der Waals surface area contributed by atoms with E-state index in [0.717, 1.165) is 15.0 Å². The van der Waals surface area contributed by atoms with Crippen LogP contribution < -0.4 is 5.32 Å². The Kier molecular flexibility index (Phi) is 5.37.